The average molecular weight is 542 g/mol. The van der Waals surface area contributed by atoms with Crippen molar-refractivity contribution in [3.63, 3.8) is 0 Å². The predicted octanol–water partition coefficient (Wildman–Crippen LogP) is 4.71. The number of hydrogen-bond acceptors (Lipinski definition) is 4. The highest BCUT2D eigenvalue weighted by atomic mass is 35.5. The number of rotatable bonds is 10. The Morgan fingerprint density at radius 1 is 0.973 bits per heavy atom. The van der Waals surface area contributed by atoms with Crippen molar-refractivity contribution >= 4 is 39.1 Å². The maximum Gasteiger partial charge on any atom is 0.264 e. The van der Waals surface area contributed by atoms with Crippen LogP contribution in [0.4, 0.5) is 5.69 Å². The van der Waals surface area contributed by atoms with Gasteiger partial charge in [0.2, 0.25) is 11.8 Å². The van der Waals surface area contributed by atoms with Gasteiger partial charge in [0.25, 0.3) is 10.0 Å². The molecule has 0 saturated carbocycles. The number of carbonyl (C=O) groups excluding carboxylic acids is 2. The van der Waals surface area contributed by atoms with Gasteiger partial charge in [0.05, 0.1) is 10.6 Å². The molecule has 37 heavy (non-hydrogen) atoms. The number of likely N-dealkylation sites (N-methyl/N-ethyl adjacent to an activating group) is 1. The lowest BCUT2D eigenvalue weighted by Crippen LogP contribution is -2.51. The Morgan fingerprint density at radius 2 is 1.65 bits per heavy atom. The second kappa shape index (κ2) is 12.3. The summed E-state index contributed by atoms with van der Waals surface area (Å²) in [6.07, 6.45) is 0.367. The zero-order valence-corrected chi connectivity index (χ0v) is 23.0. The number of anilines is 1. The van der Waals surface area contributed by atoms with Crippen LogP contribution in [0.1, 0.15) is 30.0 Å². The van der Waals surface area contributed by atoms with Gasteiger partial charge in [-0.15, -0.1) is 0 Å². The summed E-state index contributed by atoms with van der Waals surface area (Å²) in [5.41, 5.74) is 3.04. The first-order valence-electron chi connectivity index (χ1n) is 12.0. The normalized spacial score (nSPS) is 12.0. The summed E-state index contributed by atoms with van der Waals surface area (Å²) in [5, 5.41) is 3.03. The van der Waals surface area contributed by atoms with Gasteiger partial charge in [-0.05, 0) is 73.4 Å². The molecule has 0 radical (unpaired) electrons. The highest BCUT2D eigenvalue weighted by molar-refractivity contribution is 7.92. The van der Waals surface area contributed by atoms with E-state index in [4.69, 9.17) is 11.6 Å². The van der Waals surface area contributed by atoms with E-state index in [-0.39, 0.29) is 17.3 Å². The number of nitrogens with one attached hydrogen (secondary N) is 1. The van der Waals surface area contributed by atoms with Crippen molar-refractivity contribution in [3.05, 3.63) is 94.5 Å². The van der Waals surface area contributed by atoms with Gasteiger partial charge in [0.1, 0.15) is 12.6 Å². The van der Waals surface area contributed by atoms with E-state index in [9.17, 15) is 18.0 Å². The number of sulfonamides is 1. The Kier molecular flexibility index (Phi) is 9.34. The van der Waals surface area contributed by atoms with Crippen molar-refractivity contribution in [1.82, 2.24) is 10.2 Å². The summed E-state index contributed by atoms with van der Waals surface area (Å²) >= 11 is 5.98. The van der Waals surface area contributed by atoms with E-state index >= 15 is 0 Å². The van der Waals surface area contributed by atoms with Crippen LogP contribution in [0.15, 0.2) is 77.7 Å². The summed E-state index contributed by atoms with van der Waals surface area (Å²) in [5.74, 6) is -0.801. The molecule has 7 nitrogen and oxygen atoms in total. The Labute approximate surface area is 224 Å². The minimum atomic E-state index is -4.13. The van der Waals surface area contributed by atoms with E-state index in [1.165, 1.54) is 36.2 Å². The Balaban J connectivity index is 2.07. The first-order valence-corrected chi connectivity index (χ1v) is 13.8. The van der Waals surface area contributed by atoms with Crippen molar-refractivity contribution in [2.24, 2.45) is 0 Å². The molecule has 196 valence electrons. The molecule has 1 atom stereocenters. The summed E-state index contributed by atoms with van der Waals surface area (Å²) in [6.45, 7) is 5.29. The molecule has 0 heterocycles. The zero-order chi connectivity index (χ0) is 27.2. The van der Waals surface area contributed by atoms with Crippen molar-refractivity contribution in [2.75, 3.05) is 17.9 Å². The van der Waals surface area contributed by atoms with Crippen molar-refractivity contribution in [1.29, 1.82) is 0 Å². The Morgan fingerprint density at radius 3 is 2.24 bits per heavy atom. The first-order chi connectivity index (χ1) is 17.6. The molecule has 0 saturated heterocycles. The van der Waals surface area contributed by atoms with Gasteiger partial charge in [-0.1, -0.05) is 54.9 Å². The van der Waals surface area contributed by atoms with Crippen LogP contribution < -0.4 is 9.62 Å². The highest BCUT2D eigenvalue weighted by Gasteiger charge is 2.33. The standard InChI is InChI=1S/C28H32ClN3O4S/c1-5-26(28(34)30-4)31(18-22-11-7-6-10-21(22)3)27(33)19-32(24-12-8-9-20(2)17-24)37(35,36)25-15-13-23(29)14-16-25/h6-17,26H,5,18-19H2,1-4H3,(H,30,34). The Bertz CT molecular complexity index is 1360. The molecule has 0 bridgehead atoms. The fourth-order valence-electron chi connectivity index (χ4n) is 4.10. The molecular formula is C28H32ClN3O4S. The van der Waals surface area contributed by atoms with Gasteiger partial charge in [0.15, 0.2) is 0 Å². The van der Waals surface area contributed by atoms with Gasteiger partial charge >= 0.3 is 0 Å². The third kappa shape index (κ3) is 6.70. The largest absolute Gasteiger partial charge is 0.357 e. The monoisotopic (exact) mass is 541 g/mol. The van der Waals surface area contributed by atoms with Crippen LogP contribution in [0, 0.1) is 13.8 Å². The van der Waals surface area contributed by atoms with E-state index in [1.807, 2.05) is 51.1 Å². The molecule has 0 fully saturated rings. The minimum Gasteiger partial charge on any atom is -0.357 e. The molecule has 2 amide bonds. The maximum atomic E-state index is 13.9. The summed E-state index contributed by atoms with van der Waals surface area (Å²) in [4.78, 5) is 28.1. The summed E-state index contributed by atoms with van der Waals surface area (Å²) < 4.78 is 28.7. The van der Waals surface area contributed by atoms with E-state index in [1.54, 1.807) is 18.2 Å². The third-order valence-electron chi connectivity index (χ3n) is 6.20. The molecule has 0 spiro atoms. The van der Waals surface area contributed by atoms with Crippen LogP contribution >= 0.6 is 11.6 Å². The van der Waals surface area contributed by atoms with Crippen LogP contribution in [-0.4, -0.2) is 44.8 Å². The molecule has 1 N–H and O–H groups in total. The first kappa shape index (κ1) is 28.2. The number of hydrogen-bond donors (Lipinski definition) is 1. The van der Waals surface area contributed by atoms with E-state index in [0.29, 0.717) is 17.1 Å². The fourth-order valence-corrected chi connectivity index (χ4v) is 5.63. The highest BCUT2D eigenvalue weighted by Crippen LogP contribution is 2.26. The Hall–Kier alpha value is -3.36. The predicted molar refractivity (Wildman–Crippen MR) is 147 cm³/mol. The third-order valence-corrected chi connectivity index (χ3v) is 8.24. The van der Waals surface area contributed by atoms with E-state index in [2.05, 4.69) is 5.32 Å². The second-order valence-electron chi connectivity index (χ2n) is 8.79. The molecule has 0 aliphatic heterocycles. The lowest BCUT2D eigenvalue weighted by atomic mass is 10.1. The number of benzene rings is 3. The maximum absolute atomic E-state index is 13.9. The van der Waals surface area contributed by atoms with Crippen molar-refractivity contribution in [2.45, 2.75) is 44.7 Å². The van der Waals surface area contributed by atoms with Gasteiger partial charge in [0, 0.05) is 18.6 Å². The number of carbonyl (C=O) groups is 2. The van der Waals surface area contributed by atoms with E-state index < -0.39 is 28.5 Å². The molecule has 0 aliphatic carbocycles. The smallest absolute Gasteiger partial charge is 0.264 e. The lowest BCUT2D eigenvalue weighted by Gasteiger charge is -2.33. The number of nitrogens with zero attached hydrogens (tertiary/aromatic N) is 2. The van der Waals surface area contributed by atoms with Crippen molar-refractivity contribution < 1.29 is 18.0 Å². The second-order valence-corrected chi connectivity index (χ2v) is 11.1. The van der Waals surface area contributed by atoms with Crippen LogP contribution in [0.25, 0.3) is 0 Å². The SMILES string of the molecule is CCC(C(=O)NC)N(Cc1ccccc1C)C(=O)CN(c1cccc(C)c1)S(=O)(=O)c1ccc(Cl)cc1. The molecule has 9 heteroatoms. The summed E-state index contributed by atoms with van der Waals surface area (Å²) in [7, 11) is -2.61. The molecular weight excluding hydrogens is 510 g/mol. The lowest BCUT2D eigenvalue weighted by molar-refractivity contribution is -0.140. The van der Waals surface area contributed by atoms with E-state index in [0.717, 1.165) is 21.0 Å². The molecule has 0 aliphatic rings. The summed E-state index contributed by atoms with van der Waals surface area (Å²) in [6, 6.07) is 19.6. The topological polar surface area (TPSA) is 86.8 Å². The van der Waals surface area contributed by atoms with Crippen LogP contribution in [0.3, 0.4) is 0 Å². The molecule has 1 unspecified atom stereocenters. The molecule has 3 aromatic carbocycles. The number of halogens is 1. The molecule has 0 aromatic heterocycles. The molecule has 3 aromatic rings. The molecule has 3 rings (SSSR count). The van der Waals surface area contributed by atoms with Crippen LogP contribution in [0.5, 0.6) is 0 Å². The number of amides is 2. The fraction of sp³-hybridized carbons (Fsp3) is 0.286. The van der Waals surface area contributed by atoms with Gasteiger partial charge in [-0.3, -0.25) is 13.9 Å². The quantitative estimate of drug-likeness (QED) is 0.403. The number of aryl methyl sites for hydroxylation is 2. The zero-order valence-electron chi connectivity index (χ0n) is 21.4. The van der Waals surface area contributed by atoms with Crippen LogP contribution in [0.2, 0.25) is 5.02 Å². The van der Waals surface area contributed by atoms with Crippen molar-refractivity contribution in [3.8, 4) is 0 Å². The van der Waals surface area contributed by atoms with Crippen LogP contribution in [-0.2, 0) is 26.2 Å². The minimum absolute atomic E-state index is 0.00926. The van der Waals surface area contributed by atoms with Gasteiger partial charge < -0.3 is 10.2 Å². The average Bonchev–Trinajstić information content (AvgIpc) is 2.88. The van der Waals surface area contributed by atoms with Gasteiger partial charge in [-0.2, -0.15) is 0 Å². The van der Waals surface area contributed by atoms with Gasteiger partial charge in [-0.25, -0.2) is 8.42 Å².